The summed E-state index contributed by atoms with van der Waals surface area (Å²) in [6, 6.07) is 16.1. The molecule has 4 aromatic rings. The van der Waals surface area contributed by atoms with Crippen LogP contribution in [0.15, 0.2) is 67.1 Å². The summed E-state index contributed by atoms with van der Waals surface area (Å²) in [4.78, 5) is 8.18. The zero-order chi connectivity index (χ0) is 17.2. The van der Waals surface area contributed by atoms with Crippen LogP contribution < -0.4 is 4.74 Å². The number of aromatic nitrogens is 4. The summed E-state index contributed by atoms with van der Waals surface area (Å²) in [5.74, 6) is 0.629. The molecular weight excluding hydrogens is 319 g/mol. The highest BCUT2D eigenvalue weighted by Gasteiger charge is 2.14. The summed E-state index contributed by atoms with van der Waals surface area (Å²) < 4.78 is 22.0. The second kappa shape index (κ2) is 6.32. The molecule has 4 rings (SSSR count). The van der Waals surface area contributed by atoms with Crippen molar-refractivity contribution >= 4 is 5.78 Å². The quantitative estimate of drug-likeness (QED) is 0.564. The minimum atomic E-state index is -0.339. The molecule has 6 heteroatoms. The lowest BCUT2D eigenvalue weighted by molar-refractivity contribution is 0.218. The molecule has 0 radical (unpaired) electrons. The third-order valence-electron chi connectivity index (χ3n) is 3.96. The summed E-state index contributed by atoms with van der Waals surface area (Å²) in [5, 5.41) is 4.14. The van der Waals surface area contributed by atoms with E-state index in [9.17, 15) is 4.39 Å². The molecule has 0 aliphatic rings. The van der Waals surface area contributed by atoms with Crippen LogP contribution in [0.2, 0.25) is 0 Å². The van der Waals surface area contributed by atoms with Gasteiger partial charge in [-0.1, -0.05) is 30.3 Å². The third kappa shape index (κ3) is 2.94. The fourth-order valence-electron chi connectivity index (χ4n) is 2.75. The molecule has 2 aromatic heterocycles. The molecule has 25 heavy (non-hydrogen) atoms. The fourth-order valence-corrected chi connectivity index (χ4v) is 2.75. The van der Waals surface area contributed by atoms with Gasteiger partial charge < -0.3 is 4.74 Å². The molecular formula is C19H15FN4O. The Hall–Kier alpha value is -3.28. The van der Waals surface area contributed by atoms with Gasteiger partial charge in [0.25, 0.3) is 5.78 Å². The van der Waals surface area contributed by atoms with Gasteiger partial charge in [-0.2, -0.15) is 14.6 Å². The Morgan fingerprint density at radius 1 is 1.04 bits per heavy atom. The van der Waals surface area contributed by atoms with Gasteiger partial charge in [-0.25, -0.2) is 9.37 Å². The highest BCUT2D eigenvalue weighted by atomic mass is 19.1. The van der Waals surface area contributed by atoms with E-state index in [0.717, 1.165) is 11.3 Å². The van der Waals surface area contributed by atoms with Crippen LogP contribution in [0.1, 0.15) is 18.7 Å². The van der Waals surface area contributed by atoms with E-state index in [4.69, 9.17) is 4.74 Å². The van der Waals surface area contributed by atoms with Gasteiger partial charge in [0.1, 0.15) is 24.0 Å². The van der Waals surface area contributed by atoms with Gasteiger partial charge >= 0.3 is 0 Å². The van der Waals surface area contributed by atoms with Crippen molar-refractivity contribution in [1.29, 1.82) is 0 Å². The number of nitrogens with zero attached hydrogens (tertiary/aromatic N) is 4. The minimum absolute atomic E-state index is 0.323. The van der Waals surface area contributed by atoms with Crippen LogP contribution in [0.5, 0.6) is 5.75 Å². The second-order valence-corrected chi connectivity index (χ2v) is 5.61. The molecule has 0 spiro atoms. The van der Waals surface area contributed by atoms with Crippen molar-refractivity contribution in [3.05, 3.63) is 78.6 Å². The zero-order valence-corrected chi connectivity index (χ0v) is 13.5. The molecule has 124 valence electrons. The number of rotatable bonds is 4. The lowest BCUT2D eigenvalue weighted by Gasteiger charge is -2.16. The molecule has 1 unspecified atom stereocenters. The third-order valence-corrected chi connectivity index (χ3v) is 3.96. The molecule has 0 bridgehead atoms. The zero-order valence-electron chi connectivity index (χ0n) is 13.5. The van der Waals surface area contributed by atoms with Crippen LogP contribution >= 0.6 is 0 Å². The average Bonchev–Trinajstić information content (AvgIpc) is 3.11. The van der Waals surface area contributed by atoms with Gasteiger partial charge in [-0.3, -0.25) is 0 Å². The normalized spacial score (nSPS) is 12.2. The number of benzene rings is 2. The highest BCUT2D eigenvalue weighted by molar-refractivity contribution is 5.64. The molecule has 0 aliphatic heterocycles. The maximum atomic E-state index is 14.5. The Kier molecular flexibility index (Phi) is 3.85. The maximum absolute atomic E-state index is 14.5. The first kappa shape index (κ1) is 15.3. The number of hydrogen-bond acceptors (Lipinski definition) is 4. The molecule has 2 aromatic carbocycles. The molecule has 0 fully saturated rings. The number of halogens is 1. The van der Waals surface area contributed by atoms with Crippen LogP contribution in [0, 0.1) is 5.82 Å². The topological polar surface area (TPSA) is 52.3 Å². The summed E-state index contributed by atoms with van der Waals surface area (Å²) in [5.41, 5.74) is 2.16. The van der Waals surface area contributed by atoms with Gasteiger partial charge in [-0.15, -0.1) is 0 Å². The molecule has 2 heterocycles. The second-order valence-electron chi connectivity index (χ2n) is 5.61. The van der Waals surface area contributed by atoms with Gasteiger partial charge in [0.05, 0.1) is 5.69 Å². The lowest BCUT2D eigenvalue weighted by atomic mass is 10.1. The van der Waals surface area contributed by atoms with Crippen LogP contribution in [0.25, 0.3) is 16.9 Å². The molecule has 0 saturated carbocycles. The van der Waals surface area contributed by atoms with Crippen molar-refractivity contribution in [3.8, 4) is 16.9 Å². The number of ether oxygens (including phenoxy) is 1. The molecule has 1 atom stereocenters. The van der Waals surface area contributed by atoms with E-state index >= 15 is 0 Å². The van der Waals surface area contributed by atoms with E-state index in [-0.39, 0.29) is 11.9 Å². The van der Waals surface area contributed by atoms with E-state index < -0.39 is 0 Å². The SMILES string of the molecule is CC(Oc1ccc(-c2ccccc2)c(F)c1)c1ccnc2ncnn12. The Bertz CT molecular complexity index is 1020. The smallest absolute Gasteiger partial charge is 0.252 e. The molecule has 0 N–H and O–H groups in total. The van der Waals surface area contributed by atoms with E-state index in [1.54, 1.807) is 28.9 Å². The Morgan fingerprint density at radius 3 is 2.68 bits per heavy atom. The first-order valence-corrected chi connectivity index (χ1v) is 7.88. The largest absolute Gasteiger partial charge is 0.484 e. The highest BCUT2D eigenvalue weighted by Crippen LogP contribution is 2.28. The maximum Gasteiger partial charge on any atom is 0.252 e. The van der Waals surface area contributed by atoms with Crippen LogP contribution in [-0.2, 0) is 0 Å². The van der Waals surface area contributed by atoms with Gasteiger partial charge in [-0.05, 0) is 30.7 Å². The van der Waals surface area contributed by atoms with Crippen molar-refractivity contribution in [1.82, 2.24) is 19.6 Å². The first-order valence-electron chi connectivity index (χ1n) is 7.88. The average molecular weight is 334 g/mol. The first-order chi connectivity index (χ1) is 12.2. The lowest BCUT2D eigenvalue weighted by Crippen LogP contribution is -2.10. The Morgan fingerprint density at radius 2 is 1.88 bits per heavy atom. The van der Waals surface area contributed by atoms with E-state index in [0.29, 0.717) is 17.1 Å². The predicted molar refractivity (Wildman–Crippen MR) is 91.7 cm³/mol. The number of fused-ring (bicyclic) bond motifs is 1. The van der Waals surface area contributed by atoms with Crippen molar-refractivity contribution in [3.63, 3.8) is 0 Å². The summed E-state index contributed by atoms with van der Waals surface area (Å²) >= 11 is 0. The fraction of sp³-hybridized carbons (Fsp3) is 0.105. The summed E-state index contributed by atoms with van der Waals surface area (Å²) in [6.07, 6.45) is 2.75. The van der Waals surface area contributed by atoms with Crippen LogP contribution in [0.3, 0.4) is 0 Å². The molecule has 0 aliphatic carbocycles. The van der Waals surface area contributed by atoms with Crippen molar-refractivity contribution in [2.45, 2.75) is 13.0 Å². The standard InChI is InChI=1S/C19H15FN4O/c1-13(18-9-10-21-19-22-12-23-24(18)19)25-15-7-8-16(17(20)11-15)14-5-3-2-4-6-14/h2-13H,1H3. The van der Waals surface area contributed by atoms with Crippen LogP contribution in [-0.4, -0.2) is 19.6 Å². The predicted octanol–water partition coefficient (Wildman–Crippen LogP) is 4.07. The minimum Gasteiger partial charge on any atom is -0.484 e. The van der Waals surface area contributed by atoms with Crippen molar-refractivity contribution < 1.29 is 9.13 Å². The molecule has 5 nitrogen and oxygen atoms in total. The molecule has 0 saturated heterocycles. The Balaban J connectivity index is 1.61. The van der Waals surface area contributed by atoms with Crippen molar-refractivity contribution in [2.24, 2.45) is 0 Å². The van der Waals surface area contributed by atoms with Gasteiger partial charge in [0.15, 0.2) is 0 Å². The summed E-state index contributed by atoms with van der Waals surface area (Å²) in [7, 11) is 0. The van der Waals surface area contributed by atoms with E-state index in [1.807, 2.05) is 37.3 Å². The van der Waals surface area contributed by atoms with Gasteiger partial charge in [0.2, 0.25) is 0 Å². The van der Waals surface area contributed by atoms with E-state index in [1.165, 1.54) is 12.4 Å². The number of hydrogen-bond donors (Lipinski definition) is 0. The van der Waals surface area contributed by atoms with Gasteiger partial charge in [0, 0.05) is 17.8 Å². The summed E-state index contributed by atoms with van der Waals surface area (Å²) in [6.45, 7) is 1.87. The molecule has 0 amide bonds. The van der Waals surface area contributed by atoms with Crippen LogP contribution in [0.4, 0.5) is 4.39 Å². The Labute approximate surface area is 143 Å². The van der Waals surface area contributed by atoms with E-state index in [2.05, 4.69) is 15.1 Å². The monoisotopic (exact) mass is 334 g/mol. The van der Waals surface area contributed by atoms with Crippen molar-refractivity contribution in [2.75, 3.05) is 0 Å².